The van der Waals surface area contributed by atoms with E-state index in [1.807, 2.05) is 0 Å². The predicted octanol–water partition coefficient (Wildman–Crippen LogP) is 0.748. The van der Waals surface area contributed by atoms with Crippen molar-refractivity contribution < 1.29 is 29.7 Å². The maximum absolute atomic E-state index is 11.9. The first kappa shape index (κ1) is 15.5. The van der Waals surface area contributed by atoms with Gasteiger partial charge in [0.2, 0.25) is 0 Å². The fraction of sp³-hybridized carbons (Fsp3) is 0.308. The summed E-state index contributed by atoms with van der Waals surface area (Å²) < 4.78 is 0. The van der Waals surface area contributed by atoms with E-state index >= 15 is 0 Å². The summed E-state index contributed by atoms with van der Waals surface area (Å²) in [7, 11) is 0. The van der Waals surface area contributed by atoms with E-state index in [-0.39, 0.29) is 24.2 Å². The van der Waals surface area contributed by atoms with E-state index in [0.29, 0.717) is 5.56 Å². The molecule has 108 valence electrons. The van der Waals surface area contributed by atoms with Crippen LogP contribution in [0, 0.1) is 6.92 Å². The van der Waals surface area contributed by atoms with Gasteiger partial charge < -0.3 is 20.6 Å². The molecule has 4 N–H and O–H groups in total. The second kappa shape index (κ2) is 6.55. The van der Waals surface area contributed by atoms with Crippen molar-refractivity contribution in [2.24, 2.45) is 0 Å². The van der Waals surface area contributed by atoms with Gasteiger partial charge in [-0.1, -0.05) is 0 Å². The average molecular weight is 281 g/mol. The van der Waals surface area contributed by atoms with Crippen LogP contribution in [0.25, 0.3) is 0 Å². The minimum atomic E-state index is -1.30. The maximum Gasteiger partial charge on any atom is 0.326 e. The largest absolute Gasteiger partial charge is 0.508 e. The molecule has 0 spiro atoms. The number of carbonyl (C=O) groups excluding carboxylic acids is 1. The molecule has 0 saturated heterocycles. The Morgan fingerprint density at radius 1 is 1.25 bits per heavy atom. The molecule has 0 saturated carbocycles. The molecule has 7 heteroatoms. The molecule has 0 aliphatic heterocycles. The van der Waals surface area contributed by atoms with Crippen molar-refractivity contribution in [3.05, 3.63) is 29.3 Å². The van der Waals surface area contributed by atoms with Crippen LogP contribution >= 0.6 is 0 Å². The number of carboxylic acid groups (broad SMARTS) is 2. The van der Waals surface area contributed by atoms with Gasteiger partial charge in [-0.3, -0.25) is 9.59 Å². The first-order valence-electron chi connectivity index (χ1n) is 5.86. The number of phenolic OH excluding ortho intramolecular Hbond substituents is 1. The molecule has 0 radical (unpaired) electrons. The number of amides is 1. The highest BCUT2D eigenvalue weighted by Crippen LogP contribution is 2.15. The number of phenols is 1. The minimum Gasteiger partial charge on any atom is -0.508 e. The van der Waals surface area contributed by atoms with Crippen molar-refractivity contribution in [3.63, 3.8) is 0 Å². The highest BCUT2D eigenvalue weighted by Gasteiger charge is 2.22. The Morgan fingerprint density at radius 3 is 2.40 bits per heavy atom. The van der Waals surface area contributed by atoms with Crippen molar-refractivity contribution in [1.82, 2.24) is 5.32 Å². The second-order valence-corrected chi connectivity index (χ2v) is 4.30. The molecule has 1 aromatic rings. The van der Waals surface area contributed by atoms with Crippen LogP contribution in [0.4, 0.5) is 0 Å². The molecule has 0 fully saturated rings. The summed E-state index contributed by atoms with van der Waals surface area (Å²) in [5.41, 5.74) is 0.717. The smallest absolute Gasteiger partial charge is 0.326 e. The summed E-state index contributed by atoms with van der Waals surface area (Å²) in [4.78, 5) is 33.3. The Kier molecular flexibility index (Phi) is 5.08. The second-order valence-electron chi connectivity index (χ2n) is 4.30. The number of aromatic hydroxyl groups is 1. The van der Waals surface area contributed by atoms with Gasteiger partial charge in [0, 0.05) is 12.0 Å². The highest BCUT2D eigenvalue weighted by molar-refractivity contribution is 5.98. The van der Waals surface area contributed by atoms with E-state index in [2.05, 4.69) is 5.32 Å². The molecule has 0 aliphatic carbocycles. The van der Waals surface area contributed by atoms with Gasteiger partial charge >= 0.3 is 11.9 Å². The zero-order chi connectivity index (χ0) is 15.3. The fourth-order valence-corrected chi connectivity index (χ4v) is 1.66. The predicted molar refractivity (Wildman–Crippen MR) is 68.6 cm³/mol. The molecule has 1 rings (SSSR count). The number of hydrogen-bond donors (Lipinski definition) is 4. The van der Waals surface area contributed by atoms with Crippen LogP contribution in [-0.4, -0.2) is 39.2 Å². The van der Waals surface area contributed by atoms with Crippen molar-refractivity contribution in [1.29, 1.82) is 0 Å². The number of benzene rings is 1. The number of aryl methyl sites for hydroxylation is 1. The standard InChI is InChI=1S/C13H15NO6/c1-7-6-8(15)2-3-9(7)12(18)14-10(13(19)20)4-5-11(16)17/h2-3,6,10,15H,4-5H2,1H3,(H,14,18)(H,16,17)(H,19,20). The molecule has 7 nitrogen and oxygen atoms in total. The van der Waals surface area contributed by atoms with Crippen LogP contribution in [0.2, 0.25) is 0 Å². The third-order valence-electron chi connectivity index (χ3n) is 2.70. The first-order chi connectivity index (χ1) is 9.31. The molecule has 1 amide bonds. The van der Waals surface area contributed by atoms with Gasteiger partial charge in [0.25, 0.3) is 5.91 Å². The molecule has 1 unspecified atom stereocenters. The number of carboxylic acids is 2. The number of nitrogens with one attached hydrogen (secondary N) is 1. The van der Waals surface area contributed by atoms with Gasteiger partial charge in [-0.2, -0.15) is 0 Å². The highest BCUT2D eigenvalue weighted by atomic mass is 16.4. The van der Waals surface area contributed by atoms with E-state index in [0.717, 1.165) is 0 Å². The summed E-state index contributed by atoms with van der Waals surface area (Å²) in [5.74, 6) is -3.05. The number of aliphatic carboxylic acids is 2. The van der Waals surface area contributed by atoms with E-state index in [1.54, 1.807) is 6.92 Å². The van der Waals surface area contributed by atoms with Gasteiger partial charge in [-0.05, 0) is 37.1 Å². The van der Waals surface area contributed by atoms with Crippen molar-refractivity contribution >= 4 is 17.8 Å². The molecular formula is C13H15NO6. The first-order valence-corrected chi connectivity index (χ1v) is 5.86. The fourth-order valence-electron chi connectivity index (χ4n) is 1.66. The van der Waals surface area contributed by atoms with Crippen LogP contribution in [0.3, 0.4) is 0 Å². The molecule has 0 bridgehead atoms. The van der Waals surface area contributed by atoms with Gasteiger partial charge in [0.05, 0.1) is 0 Å². The molecule has 0 aliphatic rings. The average Bonchev–Trinajstić information content (AvgIpc) is 2.33. The van der Waals surface area contributed by atoms with E-state index in [1.165, 1.54) is 18.2 Å². The van der Waals surface area contributed by atoms with Crippen LogP contribution < -0.4 is 5.32 Å². The van der Waals surface area contributed by atoms with E-state index in [9.17, 15) is 19.5 Å². The minimum absolute atomic E-state index is 0.000267. The number of carbonyl (C=O) groups is 3. The molecule has 20 heavy (non-hydrogen) atoms. The number of hydrogen-bond acceptors (Lipinski definition) is 4. The summed E-state index contributed by atoms with van der Waals surface area (Å²) in [6.07, 6.45) is -0.556. The Balaban J connectivity index is 2.80. The Labute approximate surface area is 114 Å². The normalized spacial score (nSPS) is 11.7. The van der Waals surface area contributed by atoms with Crippen LogP contribution in [-0.2, 0) is 9.59 Å². The lowest BCUT2D eigenvalue weighted by molar-refractivity contribution is -0.140. The number of rotatable bonds is 6. The molecule has 1 aromatic carbocycles. The molecule has 0 heterocycles. The van der Waals surface area contributed by atoms with Crippen molar-refractivity contribution in [3.8, 4) is 5.75 Å². The van der Waals surface area contributed by atoms with Crippen molar-refractivity contribution in [2.75, 3.05) is 0 Å². The SMILES string of the molecule is Cc1cc(O)ccc1C(=O)NC(CCC(=O)O)C(=O)O. The summed E-state index contributed by atoms with van der Waals surface area (Å²) in [5, 5.41) is 29.0. The van der Waals surface area contributed by atoms with Crippen LogP contribution in [0.5, 0.6) is 5.75 Å². The summed E-state index contributed by atoms with van der Waals surface area (Å²) in [6, 6.07) is 2.79. The Morgan fingerprint density at radius 2 is 1.90 bits per heavy atom. The quantitative estimate of drug-likeness (QED) is 0.610. The van der Waals surface area contributed by atoms with Crippen LogP contribution in [0.15, 0.2) is 18.2 Å². The van der Waals surface area contributed by atoms with Gasteiger partial charge in [0.15, 0.2) is 0 Å². The van der Waals surface area contributed by atoms with E-state index < -0.39 is 23.9 Å². The topological polar surface area (TPSA) is 124 Å². The van der Waals surface area contributed by atoms with Gasteiger partial charge in [-0.25, -0.2) is 4.79 Å². The third kappa shape index (κ3) is 4.27. The Hall–Kier alpha value is -2.57. The maximum atomic E-state index is 11.9. The van der Waals surface area contributed by atoms with E-state index in [4.69, 9.17) is 10.2 Å². The van der Waals surface area contributed by atoms with Gasteiger partial charge in [-0.15, -0.1) is 0 Å². The molecule has 1 atom stereocenters. The third-order valence-corrected chi connectivity index (χ3v) is 2.70. The van der Waals surface area contributed by atoms with Crippen molar-refractivity contribution in [2.45, 2.75) is 25.8 Å². The van der Waals surface area contributed by atoms with Crippen LogP contribution in [0.1, 0.15) is 28.8 Å². The zero-order valence-electron chi connectivity index (χ0n) is 10.8. The zero-order valence-corrected chi connectivity index (χ0v) is 10.8. The lowest BCUT2D eigenvalue weighted by atomic mass is 10.1. The van der Waals surface area contributed by atoms with Gasteiger partial charge in [0.1, 0.15) is 11.8 Å². The lowest BCUT2D eigenvalue weighted by Crippen LogP contribution is -2.41. The molecule has 0 aromatic heterocycles. The Bertz CT molecular complexity index is 540. The molecular weight excluding hydrogens is 266 g/mol. The summed E-state index contributed by atoms with van der Waals surface area (Å²) >= 11 is 0. The monoisotopic (exact) mass is 281 g/mol. The lowest BCUT2D eigenvalue weighted by Gasteiger charge is -2.14. The summed E-state index contributed by atoms with van der Waals surface area (Å²) in [6.45, 7) is 1.60.